The quantitative estimate of drug-likeness (QED) is 0.182. The first-order valence-corrected chi connectivity index (χ1v) is 13.1. The van der Waals surface area contributed by atoms with Crippen LogP contribution >= 0.6 is 46.8 Å². The lowest BCUT2D eigenvalue weighted by atomic mass is 10.0. The van der Waals surface area contributed by atoms with Crippen molar-refractivity contribution in [3.8, 4) is 0 Å². The average Bonchev–Trinajstić information content (AvgIpc) is 2.76. The van der Waals surface area contributed by atoms with E-state index in [0.717, 1.165) is 24.6 Å². The normalized spacial score (nSPS) is 12.5. The summed E-state index contributed by atoms with van der Waals surface area (Å²) in [4.78, 5) is 4.03. The second kappa shape index (κ2) is 11.0. The fraction of sp³-hybridized carbons (Fsp3) is 0.190. The molecule has 0 saturated carbocycles. The summed E-state index contributed by atoms with van der Waals surface area (Å²) < 4.78 is 59.1. The van der Waals surface area contributed by atoms with Gasteiger partial charge >= 0.3 is 0 Å². The minimum atomic E-state index is -4.26. The smallest absolute Gasteiger partial charge is 0.189 e. The lowest BCUT2D eigenvalue weighted by Crippen LogP contribution is -2.18. The van der Waals surface area contributed by atoms with Crippen LogP contribution in [0.4, 0.5) is 14.6 Å². The summed E-state index contributed by atoms with van der Waals surface area (Å²) in [5.41, 5.74) is -0.310. The molecular formula is C21H17Cl3F2N2O2S2. The molecule has 0 aliphatic rings. The van der Waals surface area contributed by atoms with Crippen LogP contribution in [0, 0.1) is 11.6 Å². The number of pyridine rings is 1. The van der Waals surface area contributed by atoms with E-state index in [4.69, 9.17) is 34.8 Å². The Kier molecular flexibility index (Phi) is 8.63. The first kappa shape index (κ1) is 25.1. The van der Waals surface area contributed by atoms with Gasteiger partial charge < -0.3 is 4.72 Å². The zero-order valence-electron chi connectivity index (χ0n) is 16.4. The van der Waals surface area contributed by atoms with E-state index in [1.165, 1.54) is 48.5 Å². The fourth-order valence-electron chi connectivity index (χ4n) is 2.94. The van der Waals surface area contributed by atoms with Crippen LogP contribution in [0.25, 0.3) is 0 Å². The summed E-state index contributed by atoms with van der Waals surface area (Å²) in [5, 5.41) is -1.30. The predicted molar refractivity (Wildman–Crippen MR) is 128 cm³/mol. The molecule has 1 heterocycles. The number of anilines is 1. The lowest BCUT2D eigenvalue weighted by molar-refractivity contribution is 0.569. The van der Waals surface area contributed by atoms with E-state index in [0.29, 0.717) is 22.5 Å². The van der Waals surface area contributed by atoms with Gasteiger partial charge in [-0.15, -0.1) is 11.6 Å². The molecule has 1 aromatic heterocycles. The standard InChI is InChI=1S/C21H17Cl3F2N2O2S2/c22-8-1-9-31-28-20-11-16(18(24)12-27-20)21(17-10-14(25)4-7-19(17)26)32(29,30)15-5-2-13(23)3-6-15/h2-7,10-12,21H,1,8-9H2,(H,27,28). The van der Waals surface area contributed by atoms with Crippen molar-refractivity contribution >= 4 is 62.4 Å². The van der Waals surface area contributed by atoms with Crippen LogP contribution in [0.3, 0.4) is 0 Å². The van der Waals surface area contributed by atoms with Crippen molar-refractivity contribution in [1.82, 2.24) is 4.98 Å². The first-order chi connectivity index (χ1) is 15.2. The highest BCUT2D eigenvalue weighted by molar-refractivity contribution is 8.00. The van der Waals surface area contributed by atoms with Crippen LogP contribution < -0.4 is 4.72 Å². The molecule has 11 heteroatoms. The third-order valence-corrected chi connectivity index (χ3v) is 8.16. The van der Waals surface area contributed by atoms with Crippen molar-refractivity contribution in [3.63, 3.8) is 0 Å². The molecule has 0 bridgehead atoms. The van der Waals surface area contributed by atoms with Crippen LogP contribution in [0.15, 0.2) is 59.6 Å². The minimum absolute atomic E-state index is 0.00694. The molecule has 0 fully saturated rings. The van der Waals surface area contributed by atoms with Crippen molar-refractivity contribution in [2.75, 3.05) is 16.4 Å². The number of nitrogens with one attached hydrogen (secondary N) is 1. The molecule has 0 radical (unpaired) electrons. The van der Waals surface area contributed by atoms with Gasteiger partial charge in [0.15, 0.2) is 9.84 Å². The number of benzene rings is 2. The van der Waals surface area contributed by atoms with Crippen molar-refractivity contribution in [1.29, 1.82) is 0 Å². The topological polar surface area (TPSA) is 59.1 Å². The highest BCUT2D eigenvalue weighted by atomic mass is 35.5. The van der Waals surface area contributed by atoms with Gasteiger partial charge in [0.2, 0.25) is 0 Å². The van der Waals surface area contributed by atoms with Gasteiger partial charge in [-0.2, -0.15) is 0 Å². The Balaban J connectivity index is 2.15. The zero-order valence-corrected chi connectivity index (χ0v) is 20.3. The number of alkyl halides is 1. The number of halogens is 5. The SMILES string of the molecule is O=S(=O)(c1ccc(Cl)cc1)C(c1cc(F)ccc1F)c1cc(NSCCCCl)ncc1Cl. The number of hydrogen-bond donors (Lipinski definition) is 1. The summed E-state index contributed by atoms with van der Waals surface area (Å²) in [6, 6.07) is 9.48. The van der Waals surface area contributed by atoms with Crippen LogP contribution in [0.2, 0.25) is 10.0 Å². The largest absolute Gasteiger partial charge is 0.314 e. The molecule has 2 aromatic carbocycles. The molecular weight excluding hydrogens is 521 g/mol. The first-order valence-electron chi connectivity index (χ1n) is 9.27. The van der Waals surface area contributed by atoms with Gasteiger partial charge in [0.1, 0.15) is 22.7 Å². The fourth-order valence-corrected chi connectivity index (χ4v) is 6.12. The number of hydrogen-bond acceptors (Lipinski definition) is 5. The summed E-state index contributed by atoms with van der Waals surface area (Å²) in [6.07, 6.45) is 2.02. The van der Waals surface area contributed by atoms with E-state index in [9.17, 15) is 17.2 Å². The van der Waals surface area contributed by atoms with Crippen LogP contribution in [0.1, 0.15) is 22.8 Å². The highest BCUT2D eigenvalue weighted by Gasteiger charge is 2.35. The van der Waals surface area contributed by atoms with E-state index >= 15 is 0 Å². The Morgan fingerprint density at radius 3 is 2.44 bits per heavy atom. The molecule has 1 N–H and O–H groups in total. The zero-order chi connectivity index (χ0) is 23.3. The van der Waals surface area contributed by atoms with E-state index in [2.05, 4.69) is 9.71 Å². The maximum Gasteiger partial charge on any atom is 0.189 e. The average molecular weight is 538 g/mol. The number of aromatic nitrogens is 1. The Bertz CT molecular complexity index is 1200. The van der Waals surface area contributed by atoms with E-state index in [1.807, 2.05) is 0 Å². The molecule has 32 heavy (non-hydrogen) atoms. The summed E-state index contributed by atoms with van der Waals surface area (Å²) in [7, 11) is -4.26. The van der Waals surface area contributed by atoms with Gasteiger partial charge in [0.25, 0.3) is 0 Å². The van der Waals surface area contributed by atoms with Gasteiger partial charge in [-0.05, 0) is 60.5 Å². The highest BCUT2D eigenvalue weighted by Crippen LogP contribution is 2.40. The molecule has 1 atom stereocenters. The predicted octanol–water partition coefficient (Wildman–Crippen LogP) is 6.92. The van der Waals surface area contributed by atoms with Crippen molar-refractivity contribution in [3.05, 3.63) is 87.5 Å². The summed E-state index contributed by atoms with van der Waals surface area (Å²) in [6.45, 7) is 0. The van der Waals surface area contributed by atoms with E-state index in [-0.39, 0.29) is 21.0 Å². The maximum absolute atomic E-state index is 14.8. The minimum Gasteiger partial charge on any atom is -0.314 e. The second-order valence-electron chi connectivity index (χ2n) is 6.63. The Hall–Kier alpha value is -1.58. The van der Waals surface area contributed by atoms with E-state index in [1.54, 1.807) is 0 Å². The monoisotopic (exact) mass is 536 g/mol. The van der Waals surface area contributed by atoms with Gasteiger partial charge in [-0.1, -0.05) is 35.1 Å². The molecule has 4 nitrogen and oxygen atoms in total. The van der Waals surface area contributed by atoms with Gasteiger partial charge in [-0.25, -0.2) is 22.2 Å². The van der Waals surface area contributed by atoms with Gasteiger partial charge in [-0.3, -0.25) is 0 Å². The molecule has 0 spiro atoms. The van der Waals surface area contributed by atoms with Crippen LogP contribution in [-0.2, 0) is 9.84 Å². The molecule has 0 aliphatic carbocycles. The molecule has 0 amide bonds. The van der Waals surface area contributed by atoms with Crippen molar-refractivity contribution in [2.45, 2.75) is 16.6 Å². The number of nitrogens with zero attached hydrogens (tertiary/aromatic N) is 1. The van der Waals surface area contributed by atoms with E-state index < -0.39 is 26.7 Å². The van der Waals surface area contributed by atoms with Gasteiger partial charge in [0, 0.05) is 28.4 Å². The number of rotatable bonds is 9. The number of sulfone groups is 1. The summed E-state index contributed by atoms with van der Waals surface area (Å²) in [5.74, 6) is -0.162. The van der Waals surface area contributed by atoms with Gasteiger partial charge in [0.05, 0.1) is 9.92 Å². The molecule has 0 aliphatic heterocycles. The third kappa shape index (κ3) is 5.85. The Morgan fingerprint density at radius 2 is 1.75 bits per heavy atom. The second-order valence-corrected chi connectivity index (χ2v) is 10.8. The third-order valence-electron chi connectivity index (χ3n) is 4.42. The Labute approximate surface area is 204 Å². The van der Waals surface area contributed by atoms with Crippen LogP contribution in [-0.4, -0.2) is 25.0 Å². The van der Waals surface area contributed by atoms with Crippen LogP contribution in [0.5, 0.6) is 0 Å². The van der Waals surface area contributed by atoms with Crippen molar-refractivity contribution in [2.24, 2.45) is 0 Å². The Morgan fingerprint density at radius 1 is 1.03 bits per heavy atom. The molecule has 0 saturated heterocycles. The molecule has 3 aromatic rings. The molecule has 3 rings (SSSR count). The lowest BCUT2D eigenvalue weighted by Gasteiger charge is -2.21. The maximum atomic E-state index is 14.8. The summed E-state index contributed by atoms with van der Waals surface area (Å²) >= 11 is 19.2. The molecule has 170 valence electrons. The molecule has 1 unspecified atom stereocenters. The van der Waals surface area contributed by atoms with Crippen molar-refractivity contribution < 1.29 is 17.2 Å².